The number of aromatic nitrogens is 1. The second kappa shape index (κ2) is 16.5. The van der Waals surface area contributed by atoms with Crippen molar-refractivity contribution in [3.8, 4) is 0 Å². The Bertz CT molecular complexity index is 1980. The fourth-order valence-corrected chi connectivity index (χ4v) is 8.11. The number of hydrogen-bond donors (Lipinski definition) is 0. The van der Waals surface area contributed by atoms with Gasteiger partial charge < -0.3 is 24.0 Å². The van der Waals surface area contributed by atoms with Crippen LogP contribution < -0.4 is 14.7 Å². The van der Waals surface area contributed by atoms with Crippen LogP contribution in [0.1, 0.15) is 113 Å². The summed E-state index contributed by atoms with van der Waals surface area (Å²) >= 11 is 0. The number of fused-ring (bicyclic) bond motifs is 4. The van der Waals surface area contributed by atoms with Crippen LogP contribution in [-0.2, 0) is 16.9 Å². The molecule has 0 saturated carbocycles. The van der Waals surface area contributed by atoms with Crippen molar-refractivity contribution in [3.05, 3.63) is 101 Å². The summed E-state index contributed by atoms with van der Waals surface area (Å²) in [7, 11) is 4.04. The maximum Gasteiger partial charge on any atom is 0.340 e. The van der Waals surface area contributed by atoms with E-state index in [1.54, 1.807) is 0 Å². The quantitative estimate of drug-likeness (QED) is 0.0851. The molecule has 6 heteroatoms. The van der Waals surface area contributed by atoms with Crippen molar-refractivity contribution in [1.29, 1.82) is 0 Å². The average Bonchev–Trinajstić information content (AvgIpc) is 3.65. The monoisotopic (exact) mass is 700 g/mol. The molecule has 0 radical (unpaired) electrons. The van der Waals surface area contributed by atoms with Crippen LogP contribution in [0.5, 0.6) is 0 Å². The van der Waals surface area contributed by atoms with Gasteiger partial charge in [-0.3, -0.25) is 0 Å². The van der Waals surface area contributed by atoms with Crippen molar-refractivity contribution in [1.82, 2.24) is 4.57 Å². The molecule has 0 bridgehead atoms. The molecule has 5 aromatic rings. The van der Waals surface area contributed by atoms with E-state index in [4.69, 9.17) is 4.74 Å². The van der Waals surface area contributed by atoms with E-state index in [1.807, 2.05) is 20.2 Å². The van der Waals surface area contributed by atoms with Crippen LogP contribution in [0.25, 0.3) is 21.8 Å². The minimum Gasteiger partial charge on any atom is -0.440 e. The first-order valence-corrected chi connectivity index (χ1v) is 20.0. The molecule has 1 unspecified atom stereocenters. The second-order valence-electron chi connectivity index (χ2n) is 14.8. The first-order valence-electron chi connectivity index (χ1n) is 20.0. The van der Waals surface area contributed by atoms with E-state index >= 15 is 0 Å². The number of cyclic esters (lactones) is 1. The smallest absolute Gasteiger partial charge is 0.340 e. The van der Waals surface area contributed by atoms with Crippen LogP contribution in [0, 0.1) is 0 Å². The van der Waals surface area contributed by atoms with E-state index in [1.165, 1.54) is 33.2 Å². The summed E-state index contributed by atoms with van der Waals surface area (Å²) in [5.74, 6) is -0.272. The van der Waals surface area contributed by atoms with E-state index < -0.39 is 5.60 Å². The van der Waals surface area contributed by atoms with Gasteiger partial charge in [0.15, 0.2) is 5.60 Å². The molecule has 0 aliphatic carbocycles. The zero-order chi connectivity index (χ0) is 36.8. The molecule has 52 heavy (non-hydrogen) atoms. The topological polar surface area (TPSA) is 41.0 Å². The Morgan fingerprint density at radius 3 is 1.85 bits per heavy atom. The van der Waals surface area contributed by atoms with Crippen LogP contribution in [0.3, 0.4) is 0 Å². The molecule has 2 heterocycles. The lowest BCUT2D eigenvalue weighted by atomic mass is 9.78. The summed E-state index contributed by atoms with van der Waals surface area (Å²) in [4.78, 5) is 21.5. The number of carbonyl (C=O) groups excluding carboxylic acids is 1. The highest BCUT2D eigenvalue weighted by Gasteiger charge is 2.50. The van der Waals surface area contributed by atoms with Gasteiger partial charge >= 0.3 is 5.97 Å². The molecule has 6 rings (SSSR count). The molecule has 6 nitrogen and oxygen atoms in total. The summed E-state index contributed by atoms with van der Waals surface area (Å²) in [5, 5.41) is 2.40. The Labute approximate surface area is 312 Å². The SMILES string of the molecule is CCCCN(CCCC)c1ccc(C2(c3ccc4c(c3)c3ccccc3n4CC)OC(=O)c3cc(N(C)C)ccc32)c(N(CCCC)CCCC)c1. The lowest BCUT2D eigenvalue weighted by molar-refractivity contribution is 0.0253. The first kappa shape index (κ1) is 37.3. The van der Waals surface area contributed by atoms with Gasteiger partial charge in [0, 0.05) is 102 Å². The minimum atomic E-state index is -1.12. The summed E-state index contributed by atoms with van der Waals surface area (Å²) in [6.07, 6.45) is 9.07. The lowest BCUT2D eigenvalue weighted by Crippen LogP contribution is -2.35. The number of unbranched alkanes of at least 4 members (excludes halogenated alkanes) is 4. The Balaban J connectivity index is 1.67. The average molecular weight is 701 g/mol. The molecule has 0 fully saturated rings. The maximum atomic E-state index is 14.3. The number of benzene rings is 4. The van der Waals surface area contributed by atoms with Crippen molar-refractivity contribution in [3.63, 3.8) is 0 Å². The number of para-hydroxylation sites is 1. The summed E-state index contributed by atoms with van der Waals surface area (Å²) < 4.78 is 9.33. The second-order valence-corrected chi connectivity index (χ2v) is 14.8. The van der Waals surface area contributed by atoms with Crippen LogP contribution in [0.4, 0.5) is 17.1 Å². The number of ether oxygens (including phenoxy) is 1. The summed E-state index contributed by atoms with van der Waals surface area (Å²) in [5.41, 5.74) is 8.28. The van der Waals surface area contributed by atoms with Gasteiger partial charge in [-0.1, -0.05) is 89.8 Å². The van der Waals surface area contributed by atoms with Crippen molar-refractivity contribution >= 4 is 44.8 Å². The van der Waals surface area contributed by atoms with Gasteiger partial charge in [0.2, 0.25) is 0 Å². The van der Waals surface area contributed by atoms with E-state index in [-0.39, 0.29) is 5.97 Å². The first-order chi connectivity index (χ1) is 25.3. The third-order valence-electron chi connectivity index (χ3n) is 11.1. The van der Waals surface area contributed by atoms with Gasteiger partial charge in [-0.15, -0.1) is 0 Å². The number of anilines is 3. The Morgan fingerprint density at radius 1 is 0.615 bits per heavy atom. The van der Waals surface area contributed by atoms with Crippen molar-refractivity contribution in [2.24, 2.45) is 0 Å². The number of nitrogens with zero attached hydrogens (tertiary/aromatic N) is 4. The molecule has 1 aliphatic heterocycles. The van der Waals surface area contributed by atoms with E-state index in [0.29, 0.717) is 5.56 Å². The largest absolute Gasteiger partial charge is 0.440 e. The molecular weight excluding hydrogens is 641 g/mol. The van der Waals surface area contributed by atoms with Gasteiger partial charge in [-0.05, 0) is 75.1 Å². The van der Waals surface area contributed by atoms with Crippen LogP contribution >= 0.6 is 0 Å². The predicted molar refractivity (Wildman–Crippen MR) is 222 cm³/mol. The van der Waals surface area contributed by atoms with E-state index in [2.05, 4.69) is 127 Å². The van der Waals surface area contributed by atoms with Crippen LogP contribution in [0.15, 0.2) is 78.9 Å². The van der Waals surface area contributed by atoms with Crippen molar-refractivity contribution in [2.75, 3.05) is 55.0 Å². The fraction of sp³-hybridized carbons (Fsp3) is 0.457. The Hall–Kier alpha value is -4.45. The van der Waals surface area contributed by atoms with E-state index in [0.717, 1.165) is 106 Å². The van der Waals surface area contributed by atoms with E-state index in [9.17, 15) is 4.79 Å². The standard InChI is InChI=1S/C46H60N4O2/c1-8-13-27-48(28-14-9-2)36-23-25-41(44(33-36)49(29-15-10-3)30-16-11-4)46(40-24-22-35(47(6)7)32-39(40)45(51)52-46)34-21-26-43-38(31-34)37-19-17-18-20-42(37)50(43)12-5/h17-26,31-33H,8-16,27-30H2,1-7H3. The molecule has 0 amide bonds. The predicted octanol–water partition coefficient (Wildman–Crippen LogP) is 11.2. The number of rotatable bonds is 18. The fourth-order valence-electron chi connectivity index (χ4n) is 8.11. The number of esters is 1. The normalized spacial score (nSPS) is 15.3. The third kappa shape index (κ3) is 6.89. The zero-order valence-electron chi connectivity index (χ0n) is 32.8. The molecular formula is C46H60N4O2. The molecule has 1 atom stereocenters. The highest BCUT2D eigenvalue weighted by molar-refractivity contribution is 6.08. The van der Waals surface area contributed by atoms with Gasteiger partial charge in [0.1, 0.15) is 0 Å². The molecule has 0 spiro atoms. The van der Waals surface area contributed by atoms with Crippen LogP contribution in [-0.4, -0.2) is 50.8 Å². The maximum absolute atomic E-state index is 14.3. The summed E-state index contributed by atoms with van der Waals surface area (Å²) in [6, 6.07) is 28.7. The molecule has 1 aromatic heterocycles. The van der Waals surface area contributed by atoms with Gasteiger partial charge in [0.05, 0.1) is 5.56 Å². The van der Waals surface area contributed by atoms with Gasteiger partial charge in [0.25, 0.3) is 0 Å². The Morgan fingerprint density at radius 2 is 1.21 bits per heavy atom. The van der Waals surface area contributed by atoms with Crippen LogP contribution in [0.2, 0.25) is 0 Å². The molecule has 0 N–H and O–H groups in total. The minimum absolute atomic E-state index is 0.272. The Kier molecular flexibility index (Phi) is 11.8. The van der Waals surface area contributed by atoms with Gasteiger partial charge in [-0.2, -0.15) is 0 Å². The molecule has 4 aromatic carbocycles. The third-order valence-corrected chi connectivity index (χ3v) is 11.1. The number of carbonyl (C=O) groups is 1. The molecule has 0 saturated heterocycles. The van der Waals surface area contributed by atoms with Crippen molar-refractivity contribution in [2.45, 2.75) is 98.1 Å². The highest BCUT2D eigenvalue weighted by atomic mass is 16.6. The summed E-state index contributed by atoms with van der Waals surface area (Å²) in [6.45, 7) is 16.2. The zero-order valence-corrected chi connectivity index (χ0v) is 32.8. The van der Waals surface area contributed by atoms with Crippen molar-refractivity contribution < 1.29 is 9.53 Å². The molecule has 276 valence electrons. The molecule has 1 aliphatic rings. The number of aryl methyl sites for hydroxylation is 1. The lowest BCUT2D eigenvalue weighted by Gasteiger charge is -2.37. The highest BCUT2D eigenvalue weighted by Crippen LogP contribution is 2.52. The van der Waals surface area contributed by atoms with Gasteiger partial charge in [-0.25, -0.2) is 4.79 Å². The number of hydrogen-bond acceptors (Lipinski definition) is 5.